The van der Waals surface area contributed by atoms with Crippen LogP contribution in [0.4, 0.5) is 8.78 Å². The lowest BCUT2D eigenvalue weighted by Gasteiger charge is -2.31. The van der Waals surface area contributed by atoms with E-state index in [1.807, 2.05) is 11.0 Å². The van der Waals surface area contributed by atoms with Crippen molar-refractivity contribution < 1.29 is 23.5 Å². The Bertz CT molecular complexity index is 1230. The number of aliphatic carboxylic acids is 1. The lowest BCUT2D eigenvalue weighted by Crippen LogP contribution is -2.38. The molecule has 184 valence electrons. The second kappa shape index (κ2) is 9.76. The van der Waals surface area contributed by atoms with Crippen LogP contribution in [-0.4, -0.2) is 38.0 Å². The molecule has 1 N–H and O–H groups in total. The van der Waals surface area contributed by atoms with Crippen molar-refractivity contribution in [3.05, 3.63) is 65.0 Å². The van der Waals surface area contributed by atoms with Crippen molar-refractivity contribution in [1.29, 1.82) is 0 Å². The molecule has 1 aromatic carbocycles. The minimum Gasteiger partial charge on any atom is -0.481 e. The van der Waals surface area contributed by atoms with Gasteiger partial charge >= 0.3 is 5.97 Å². The van der Waals surface area contributed by atoms with E-state index in [0.717, 1.165) is 41.6 Å². The van der Waals surface area contributed by atoms with E-state index in [4.69, 9.17) is 0 Å². The highest BCUT2D eigenvalue weighted by molar-refractivity contribution is 5.84. The van der Waals surface area contributed by atoms with E-state index < -0.39 is 12.4 Å². The van der Waals surface area contributed by atoms with Gasteiger partial charge in [0.2, 0.25) is 5.91 Å². The maximum absolute atomic E-state index is 13.2. The van der Waals surface area contributed by atoms with Crippen LogP contribution in [0.1, 0.15) is 60.9 Å². The van der Waals surface area contributed by atoms with E-state index in [-0.39, 0.29) is 23.3 Å². The zero-order valence-electron chi connectivity index (χ0n) is 19.5. The number of carboxylic acids is 1. The molecule has 2 aromatic heterocycles. The molecule has 8 heteroatoms. The van der Waals surface area contributed by atoms with Crippen LogP contribution >= 0.6 is 0 Å². The van der Waals surface area contributed by atoms with Crippen molar-refractivity contribution in [2.24, 2.45) is 11.8 Å². The number of benzene rings is 1. The molecule has 0 radical (unpaired) electrons. The van der Waals surface area contributed by atoms with Gasteiger partial charge in [0, 0.05) is 42.4 Å². The molecule has 3 heterocycles. The topological polar surface area (TPSA) is 75.4 Å². The van der Waals surface area contributed by atoms with Crippen molar-refractivity contribution in [2.75, 3.05) is 6.54 Å². The third-order valence-corrected chi connectivity index (χ3v) is 7.60. The Morgan fingerprint density at radius 1 is 1.09 bits per heavy atom. The van der Waals surface area contributed by atoms with Gasteiger partial charge in [0.05, 0.1) is 12.5 Å². The number of nitrogens with zero attached hydrogens (tertiary/aromatic N) is 3. The Hall–Kier alpha value is -3.29. The number of pyridine rings is 1. The van der Waals surface area contributed by atoms with Gasteiger partial charge in [-0.25, -0.2) is 13.8 Å². The van der Waals surface area contributed by atoms with Crippen molar-refractivity contribution in [3.8, 4) is 0 Å². The maximum atomic E-state index is 13.2. The number of carbonyl (C=O) groups excluding carboxylic acids is 1. The second-order valence-electron chi connectivity index (χ2n) is 9.75. The molecule has 1 aliphatic heterocycles. The molecule has 0 bridgehead atoms. The zero-order valence-corrected chi connectivity index (χ0v) is 19.5. The average Bonchev–Trinajstić information content (AvgIpc) is 3.17. The van der Waals surface area contributed by atoms with Crippen LogP contribution in [0.2, 0.25) is 0 Å². The molecule has 1 fully saturated rings. The molecule has 35 heavy (non-hydrogen) atoms. The lowest BCUT2D eigenvalue weighted by atomic mass is 9.80. The summed E-state index contributed by atoms with van der Waals surface area (Å²) in [4.78, 5) is 30.9. The summed E-state index contributed by atoms with van der Waals surface area (Å²) in [6, 6.07) is 10.3. The number of hydrogen-bond acceptors (Lipinski definition) is 3. The first-order chi connectivity index (χ1) is 16.9. The molecule has 0 spiro atoms. The summed E-state index contributed by atoms with van der Waals surface area (Å²) in [5.41, 5.74) is 3.99. The Morgan fingerprint density at radius 2 is 1.83 bits per heavy atom. The van der Waals surface area contributed by atoms with Gasteiger partial charge in [-0.3, -0.25) is 9.59 Å². The third kappa shape index (κ3) is 4.79. The molecule has 1 saturated carbocycles. The molecule has 1 aliphatic carbocycles. The standard InChI is InChI=1S/C27H29F2N3O3/c28-25(29)19-7-5-18(6-8-19)15-32-23-16-31(13-11-21(23)22-2-1-12-30-26(22)32)24(33)14-17-3-9-20(10-4-17)27(34)35/h1-2,5-8,12,17,20,25H,3-4,9-11,13-16H2,(H,34,35)/t17-,20+. The highest BCUT2D eigenvalue weighted by Crippen LogP contribution is 2.34. The maximum Gasteiger partial charge on any atom is 0.306 e. The van der Waals surface area contributed by atoms with Gasteiger partial charge in [-0.05, 0) is 61.3 Å². The van der Waals surface area contributed by atoms with Crippen molar-refractivity contribution in [1.82, 2.24) is 14.5 Å². The fourth-order valence-corrected chi connectivity index (χ4v) is 5.58. The zero-order chi connectivity index (χ0) is 24.5. The minimum atomic E-state index is -2.50. The number of halogens is 2. The number of hydrogen-bond donors (Lipinski definition) is 1. The quantitative estimate of drug-likeness (QED) is 0.526. The van der Waals surface area contributed by atoms with E-state index in [2.05, 4.69) is 15.6 Å². The predicted molar refractivity (Wildman–Crippen MR) is 127 cm³/mol. The van der Waals surface area contributed by atoms with E-state index >= 15 is 0 Å². The molecular weight excluding hydrogens is 452 g/mol. The van der Waals surface area contributed by atoms with Crippen LogP contribution in [0.15, 0.2) is 42.6 Å². The smallest absolute Gasteiger partial charge is 0.306 e. The summed E-state index contributed by atoms with van der Waals surface area (Å²) in [5, 5.41) is 10.3. The fourth-order valence-electron chi connectivity index (χ4n) is 5.58. The first-order valence-electron chi connectivity index (χ1n) is 12.2. The molecule has 1 amide bonds. The number of carbonyl (C=O) groups is 2. The van der Waals surface area contributed by atoms with Crippen LogP contribution in [-0.2, 0) is 29.1 Å². The number of rotatable bonds is 6. The van der Waals surface area contributed by atoms with E-state index in [0.29, 0.717) is 38.9 Å². The number of fused-ring (bicyclic) bond motifs is 3. The van der Waals surface area contributed by atoms with Gasteiger partial charge in [-0.1, -0.05) is 24.3 Å². The summed E-state index contributed by atoms with van der Waals surface area (Å²) in [7, 11) is 0. The Kier molecular flexibility index (Phi) is 6.54. The van der Waals surface area contributed by atoms with Gasteiger partial charge in [0.1, 0.15) is 5.65 Å². The predicted octanol–water partition coefficient (Wildman–Crippen LogP) is 5.19. The van der Waals surface area contributed by atoms with Crippen molar-refractivity contribution in [2.45, 2.75) is 58.0 Å². The van der Waals surface area contributed by atoms with Crippen LogP contribution in [0.3, 0.4) is 0 Å². The third-order valence-electron chi connectivity index (χ3n) is 7.60. The first-order valence-corrected chi connectivity index (χ1v) is 12.2. The molecule has 5 rings (SSSR count). The van der Waals surface area contributed by atoms with E-state index in [1.165, 1.54) is 17.7 Å². The summed E-state index contributed by atoms with van der Waals surface area (Å²) < 4.78 is 28.1. The summed E-state index contributed by atoms with van der Waals surface area (Å²) >= 11 is 0. The summed E-state index contributed by atoms with van der Waals surface area (Å²) in [5.74, 6) is -0.665. The molecule has 0 saturated heterocycles. The molecule has 0 unspecified atom stereocenters. The Balaban J connectivity index is 1.35. The monoisotopic (exact) mass is 481 g/mol. The van der Waals surface area contributed by atoms with Crippen molar-refractivity contribution in [3.63, 3.8) is 0 Å². The Morgan fingerprint density at radius 3 is 2.51 bits per heavy atom. The SMILES string of the molecule is O=C(C[C@H]1CC[C@@H](C(=O)O)CC1)N1CCc2c(n(Cc3ccc(C(F)F)cc3)c3ncccc23)C1. The van der Waals surface area contributed by atoms with E-state index in [9.17, 15) is 23.5 Å². The molecular formula is C27H29F2N3O3. The normalized spacial score (nSPS) is 20.3. The number of amides is 1. The largest absolute Gasteiger partial charge is 0.481 e. The van der Waals surface area contributed by atoms with Gasteiger partial charge in [0.15, 0.2) is 0 Å². The first kappa shape index (κ1) is 23.5. The molecule has 3 aromatic rings. The van der Waals surface area contributed by atoms with Gasteiger partial charge in [0.25, 0.3) is 6.43 Å². The highest BCUT2D eigenvalue weighted by atomic mass is 19.3. The van der Waals surface area contributed by atoms with Gasteiger partial charge in [-0.2, -0.15) is 0 Å². The van der Waals surface area contributed by atoms with Crippen LogP contribution in [0, 0.1) is 11.8 Å². The fraction of sp³-hybridized carbons (Fsp3) is 0.444. The number of aromatic nitrogens is 2. The van der Waals surface area contributed by atoms with Gasteiger partial charge in [-0.15, -0.1) is 0 Å². The lowest BCUT2D eigenvalue weighted by molar-refractivity contribution is -0.143. The molecule has 6 nitrogen and oxygen atoms in total. The van der Waals surface area contributed by atoms with E-state index in [1.54, 1.807) is 18.3 Å². The Labute approximate surface area is 202 Å². The minimum absolute atomic E-state index is 0.000396. The van der Waals surface area contributed by atoms with Crippen molar-refractivity contribution >= 4 is 22.9 Å². The number of alkyl halides is 2. The molecule has 2 aliphatic rings. The molecule has 0 atom stereocenters. The van der Waals surface area contributed by atoms with Gasteiger partial charge < -0.3 is 14.6 Å². The van der Waals surface area contributed by atoms with Crippen LogP contribution < -0.4 is 0 Å². The number of carboxylic acid groups (broad SMARTS) is 1. The van der Waals surface area contributed by atoms with Crippen LogP contribution in [0.25, 0.3) is 11.0 Å². The summed E-state index contributed by atoms with van der Waals surface area (Å²) in [6.07, 6.45) is 3.29. The average molecular weight is 482 g/mol. The van der Waals surface area contributed by atoms with Crippen LogP contribution in [0.5, 0.6) is 0 Å². The summed E-state index contributed by atoms with van der Waals surface area (Å²) in [6.45, 7) is 1.63. The second-order valence-corrected chi connectivity index (χ2v) is 9.75. The highest BCUT2D eigenvalue weighted by Gasteiger charge is 2.31.